The molecule has 2 heterocycles. The van der Waals surface area contributed by atoms with Crippen LogP contribution in [0.5, 0.6) is 5.75 Å². The molecule has 2 N–H and O–H groups in total. The van der Waals surface area contributed by atoms with Crippen LogP contribution in [0.2, 0.25) is 5.82 Å². The van der Waals surface area contributed by atoms with E-state index in [2.05, 4.69) is 6.92 Å². The van der Waals surface area contributed by atoms with Crippen molar-refractivity contribution in [1.82, 2.24) is 0 Å². The number of carbonyl (C=O) groups is 1. The molecule has 5 nitrogen and oxygen atoms in total. The maximum Gasteiger partial charge on any atom is 0.526 e. The Labute approximate surface area is 133 Å². The second kappa shape index (κ2) is 5.18. The standard InChI is InChI=1S/C15H17BO5S/c1-7(8-5-20-6-8)22-12-3-2-9-10-4-11(10)16(19)21-14(9)13(12)15(17)18/h2-3,7-8,10-11,19H,4-6H2,1H3,(H,17,18)/t7-,10+,11+/m1/s1. The molecule has 0 bridgehead atoms. The second-order valence-corrected chi connectivity index (χ2v) is 7.72. The minimum absolute atomic E-state index is 0.124. The lowest BCUT2D eigenvalue weighted by molar-refractivity contribution is -0.0302. The molecule has 1 aliphatic carbocycles. The molecule has 116 valence electrons. The lowest BCUT2D eigenvalue weighted by atomic mass is 9.77. The minimum Gasteiger partial charge on any atom is -0.535 e. The summed E-state index contributed by atoms with van der Waals surface area (Å²) in [7, 11) is -0.881. The fraction of sp³-hybridized carbons (Fsp3) is 0.533. The van der Waals surface area contributed by atoms with Gasteiger partial charge in [-0.15, -0.1) is 11.8 Å². The number of fused-ring (bicyclic) bond motifs is 3. The first-order valence-corrected chi connectivity index (χ1v) is 8.43. The molecule has 1 aromatic carbocycles. The summed E-state index contributed by atoms with van der Waals surface area (Å²) in [4.78, 5) is 12.5. The molecule has 7 heteroatoms. The highest BCUT2D eigenvalue weighted by molar-refractivity contribution is 8.00. The third-order valence-electron chi connectivity index (χ3n) is 4.85. The number of hydrogen-bond acceptors (Lipinski definition) is 5. The van der Waals surface area contributed by atoms with Gasteiger partial charge in [0.2, 0.25) is 0 Å². The summed E-state index contributed by atoms with van der Waals surface area (Å²) in [5.74, 6) is 0.192. The van der Waals surface area contributed by atoms with Crippen molar-refractivity contribution < 1.29 is 24.3 Å². The highest BCUT2D eigenvalue weighted by atomic mass is 32.2. The summed E-state index contributed by atoms with van der Waals surface area (Å²) in [6.07, 6.45) is 0.871. The Morgan fingerprint density at radius 2 is 2.23 bits per heavy atom. The van der Waals surface area contributed by atoms with Gasteiger partial charge in [-0.05, 0) is 24.0 Å². The Morgan fingerprint density at radius 3 is 2.86 bits per heavy atom. The van der Waals surface area contributed by atoms with Crippen LogP contribution in [-0.4, -0.2) is 41.7 Å². The van der Waals surface area contributed by atoms with Gasteiger partial charge in [-0.2, -0.15) is 0 Å². The third kappa shape index (κ3) is 2.23. The van der Waals surface area contributed by atoms with Crippen LogP contribution in [0.1, 0.15) is 35.2 Å². The highest BCUT2D eigenvalue weighted by Crippen LogP contribution is 2.60. The zero-order chi connectivity index (χ0) is 15.4. The molecule has 0 spiro atoms. The number of carboxylic acids is 1. The van der Waals surface area contributed by atoms with E-state index in [1.54, 1.807) is 11.8 Å². The van der Waals surface area contributed by atoms with Gasteiger partial charge in [0, 0.05) is 21.9 Å². The Bertz CT molecular complexity index is 633. The number of thioether (sulfide) groups is 1. The lowest BCUT2D eigenvalue weighted by Gasteiger charge is -2.31. The molecule has 0 amide bonds. The molecule has 1 aromatic rings. The van der Waals surface area contributed by atoms with E-state index in [-0.39, 0.29) is 22.5 Å². The number of rotatable bonds is 4. The third-order valence-corrected chi connectivity index (χ3v) is 6.20. The normalized spacial score (nSPS) is 27.3. The summed E-state index contributed by atoms with van der Waals surface area (Å²) < 4.78 is 10.7. The van der Waals surface area contributed by atoms with E-state index in [4.69, 9.17) is 9.39 Å². The van der Waals surface area contributed by atoms with Gasteiger partial charge in [-0.25, -0.2) is 4.79 Å². The van der Waals surface area contributed by atoms with Crippen LogP contribution in [0.25, 0.3) is 0 Å². The van der Waals surface area contributed by atoms with Crippen molar-refractivity contribution >= 4 is 24.8 Å². The van der Waals surface area contributed by atoms with Crippen LogP contribution in [0.15, 0.2) is 17.0 Å². The number of hydrogen-bond donors (Lipinski definition) is 2. The number of carboxylic acid groups (broad SMARTS) is 1. The quantitative estimate of drug-likeness (QED) is 0.654. The van der Waals surface area contributed by atoms with Gasteiger partial charge >= 0.3 is 13.1 Å². The Kier molecular flexibility index (Phi) is 3.40. The zero-order valence-electron chi connectivity index (χ0n) is 12.2. The molecule has 3 atom stereocenters. The van der Waals surface area contributed by atoms with Gasteiger partial charge in [-0.1, -0.05) is 13.0 Å². The SMILES string of the molecule is C[C@@H](Sc1ccc2c(c1C(=O)O)OB(O)[C@H]1C[C@@H]21)C1COC1. The smallest absolute Gasteiger partial charge is 0.526 e. The topological polar surface area (TPSA) is 76.0 Å². The maximum absolute atomic E-state index is 11.8. The summed E-state index contributed by atoms with van der Waals surface area (Å²) in [5.41, 5.74) is 1.12. The van der Waals surface area contributed by atoms with Crippen LogP contribution in [-0.2, 0) is 4.74 Å². The fourth-order valence-electron chi connectivity index (χ4n) is 3.22. The predicted octanol–water partition coefficient (Wildman–Crippen LogP) is 2.24. The molecule has 1 saturated heterocycles. The number of benzene rings is 1. The van der Waals surface area contributed by atoms with Crippen molar-refractivity contribution in [3.63, 3.8) is 0 Å². The molecule has 22 heavy (non-hydrogen) atoms. The van der Waals surface area contributed by atoms with E-state index in [1.807, 2.05) is 12.1 Å². The molecule has 0 unspecified atom stereocenters. The Balaban J connectivity index is 1.69. The van der Waals surface area contributed by atoms with Crippen molar-refractivity contribution in [2.75, 3.05) is 13.2 Å². The Hall–Kier alpha value is -1.18. The highest BCUT2D eigenvalue weighted by Gasteiger charge is 2.54. The van der Waals surface area contributed by atoms with Crippen LogP contribution in [0.3, 0.4) is 0 Å². The van der Waals surface area contributed by atoms with Crippen molar-refractivity contribution in [2.24, 2.45) is 5.92 Å². The van der Waals surface area contributed by atoms with Crippen LogP contribution < -0.4 is 4.65 Å². The Morgan fingerprint density at radius 1 is 1.45 bits per heavy atom. The van der Waals surface area contributed by atoms with Crippen molar-refractivity contribution in [2.45, 2.75) is 35.2 Å². The van der Waals surface area contributed by atoms with Gasteiger partial charge in [0.1, 0.15) is 11.3 Å². The van der Waals surface area contributed by atoms with Gasteiger partial charge in [-0.3, -0.25) is 0 Å². The largest absolute Gasteiger partial charge is 0.535 e. The molecule has 3 aliphatic rings. The van der Waals surface area contributed by atoms with Crippen molar-refractivity contribution in [3.05, 3.63) is 23.3 Å². The van der Waals surface area contributed by atoms with Crippen LogP contribution >= 0.6 is 11.8 Å². The molecule has 4 rings (SSSR count). The lowest BCUT2D eigenvalue weighted by Crippen LogP contribution is -2.34. The van der Waals surface area contributed by atoms with E-state index in [9.17, 15) is 14.9 Å². The first-order valence-electron chi connectivity index (χ1n) is 7.55. The first kappa shape index (κ1) is 14.4. The molecule has 2 fully saturated rings. The fourth-order valence-corrected chi connectivity index (χ4v) is 4.41. The summed E-state index contributed by atoms with van der Waals surface area (Å²) >= 11 is 1.55. The van der Waals surface area contributed by atoms with Gasteiger partial charge in [0.25, 0.3) is 0 Å². The van der Waals surface area contributed by atoms with E-state index >= 15 is 0 Å². The average molecular weight is 320 g/mol. The van der Waals surface area contributed by atoms with Crippen LogP contribution in [0, 0.1) is 5.92 Å². The van der Waals surface area contributed by atoms with Gasteiger partial charge in [0.05, 0.1) is 13.2 Å². The van der Waals surface area contributed by atoms with E-state index in [1.165, 1.54) is 0 Å². The number of ether oxygens (including phenoxy) is 1. The molecule has 0 radical (unpaired) electrons. The molecule has 1 saturated carbocycles. The summed E-state index contributed by atoms with van der Waals surface area (Å²) in [5, 5.41) is 19.9. The van der Waals surface area contributed by atoms with Crippen molar-refractivity contribution in [1.29, 1.82) is 0 Å². The van der Waals surface area contributed by atoms with Crippen LogP contribution in [0.4, 0.5) is 0 Å². The summed E-state index contributed by atoms with van der Waals surface area (Å²) in [6.45, 7) is 3.57. The zero-order valence-corrected chi connectivity index (χ0v) is 13.0. The number of aromatic carboxylic acids is 1. The average Bonchev–Trinajstić information content (AvgIpc) is 3.16. The molecular formula is C15H17BO5S. The van der Waals surface area contributed by atoms with Crippen molar-refractivity contribution in [3.8, 4) is 5.75 Å². The first-order chi connectivity index (χ1) is 10.6. The maximum atomic E-state index is 11.8. The van der Waals surface area contributed by atoms with E-state index < -0.39 is 13.1 Å². The predicted molar refractivity (Wildman–Crippen MR) is 82.7 cm³/mol. The second-order valence-electron chi connectivity index (χ2n) is 6.30. The molecule has 0 aromatic heterocycles. The molecular weight excluding hydrogens is 303 g/mol. The van der Waals surface area contributed by atoms with E-state index in [0.717, 1.165) is 25.2 Å². The monoisotopic (exact) mass is 320 g/mol. The molecule has 2 aliphatic heterocycles. The minimum atomic E-state index is -0.997. The van der Waals surface area contributed by atoms with Gasteiger partial charge < -0.3 is 19.5 Å². The summed E-state index contributed by atoms with van der Waals surface area (Å²) in [6, 6.07) is 3.85. The van der Waals surface area contributed by atoms with E-state index in [0.29, 0.717) is 16.6 Å². The van der Waals surface area contributed by atoms with Gasteiger partial charge in [0.15, 0.2) is 0 Å².